The molecule has 1 amide bonds. The summed E-state index contributed by atoms with van der Waals surface area (Å²) in [6, 6.07) is 12.2. The molecule has 0 spiro atoms. The molecule has 1 unspecified atom stereocenters. The zero-order chi connectivity index (χ0) is 16.5. The first kappa shape index (κ1) is 14.9. The number of carbonyl (C=O) groups excluding carboxylic acids is 1. The Labute approximate surface area is 139 Å². The van der Waals surface area contributed by atoms with Gasteiger partial charge in [0.1, 0.15) is 5.82 Å². The van der Waals surface area contributed by atoms with E-state index < -0.39 is 0 Å². The summed E-state index contributed by atoms with van der Waals surface area (Å²) in [6.45, 7) is 0.713. The molecule has 4 nitrogen and oxygen atoms in total. The molecule has 24 heavy (non-hydrogen) atoms. The van der Waals surface area contributed by atoms with Crippen LogP contribution >= 0.6 is 0 Å². The van der Waals surface area contributed by atoms with Crippen molar-refractivity contribution in [2.45, 2.75) is 25.3 Å². The third-order valence-electron chi connectivity index (χ3n) is 4.68. The lowest BCUT2D eigenvalue weighted by Gasteiger charge is -2.36. The van der Waals surface area contributed by atoms with E-state index in [0.717, 1.165) is 30.3 Å². The van der Waals surface area contributed by atoms with Gasteiger partial charge in [-0.15, -0.1) is 0 Å². The summed E-state index contributed by atoms with van der Waals surface area (Å²) in [5.41, 5.74) is 2.41. The summed E-state index contributed by atoms with van der Waals surface area (Å²) in [6.07, 6.45) is 6.42. The monoisotopic (exact) mass is 323 g/mol. The fourth-order valence-electron chi connectivity index (χ4n) is 3.46. The normalized spacial score (nSPS) is 18.0. The van der Waals surface area contributed by atoms with Gasteiger partial charge in [-0.1, -0.05) is 18.2 Å². The number of hydrogen-bond donors (Lipinski definition) is 0. The van der Waals surface area contributed by atoms with Crippen molar-refractivity contribution in [3.8, 4) is 0 Å². The van der Waals surface area contributed by atoms with Gasteiger partial charge in [-0.2, -0.15) is 5.10 Å². The molecule has 0 saturated carbocycles. The average Bonchev–Trinajstić information content (AvgIpc) is 3.06. The molecule has 0 radical (unpaired) electrons. The van der Waals surface area contributed by atoms with E-state index in [1.807, 2.05) is 29.3 Å². The molecule has 3 aromatic rings. The minimum Gasteiger partial charge on any atom is -0.331 e. The smallest absolute Gasteiger partial charge is 0.258 e. The predicted molar refractivity (Wildman–Crippen MR) is 89.2 cm³/mol. The molecule has 1 fully saturated rings. The van der Waals surface area contributed by atoms with Crippen LogP contribution in [0.15, 0.2) is 54.9 Å². The van der Waals surface area contributed by atoms with Gasteiger partial charge >= 0.3 is 0 Å². The van der Waals surface area contributed by atoms with Crippen LogP contribution in [0.25, 0.3) is 5.52 Å². The van der Waals surface area contributed by atoms with E-state index in [0.29, 0.717) is 12.1 Å². The fraction of sp³-hybridized carbons (Fsp3) is 0.263. The summed E-state index contributed by atoms with van der Waals surface area (Å²) in [4.78, 5) is 15.0. The molecular weight excluding hydrogens is 305 g/mol. The number of aromatic nitrogens is 2. The number of rotatable bonds is 2. The summed E-state index contributed by atoms with van der Waals surface area (Å²) in [5.74, 6) is -0.264. The van der Waals surface area contributed by atoms with E-state index in [2.05, 4.69) is 5.10 Å². The van der Waals surface area contributed by atoms with E-state index in [-0.39, 0.29) is 17.8 Å². The number of nitrogens with zero attached hydrogens (tertiary/aromatic N) is 3. The molecule has 0 aliphatic carbocycles. The average molecular weight is 323 g/mol. The number of hydrogen-bond acceptors (Lipinski definition) is 2. The Balaban J connectivity index is 1.69. The van der Waals surface area contributed by atoms with E-state index in [1.165, 1.54) is 12.1 Å². The number of likely N-dealkylation sites (tertiary alicyclic amines) is 1. The molecule has 1 aliphatic heterocycles. The van der Waals surface area contributed by atoms with Crippen LogP contribution in [0.5, 0.6) is 0 Å². The highest BCUT2D eigenvalue weighted by Crippen LogP contribution is 2.32. The van der Waals surface area contributed by atoms with Crippen LogP contribution < -0.4 is 0 Å². The molecule has 0 bridgehead atoms. The second-order valence-electron chi connectivity index (χ2n) is 6.15. The lowest BCUT2D eigenvalue weighted by atomic mass is 9.94. The third-order valence-corrected chi connectivity index (χ3v) is 4.68. The first-order valence-corrected chi connectivity index (χ1v) is 8.23. The Morgan fingerprint density at radius 1 is 1.12 bits per heavy atom. The van der Waals surface area contributed by atoms with Crippen molar-refractivity contribution in [2.75, 3.05) is 6.54 Å². The van der Waals surface area contributed by atoms with Crippen LogP contribution in [0.4, 0.5) is 4.39 Å². The topological polar surface area (TPSA) is 37.6 Å². The Bertz CT molecular complexity index is 872. The van der Waals surface area contributed by atoms with Gasteiger partial charge in [0.25, 0.3) is 5.91 Å². The number of pyridine rings is 1. The van der Waals surface area contributed by atoms with Gasteiger partial charge in [0, 0.05) is 12.7 Å². The predicted octanol–water partition coefficient (Wildman–Crippen LogP) is 3.84. The van der Waals surface area contributed by atoms with Gasteiger partial charge < -0.3 is 4.90 Å². The molecule has 3 heterocycles. The molecule has 4 rings (SSSR count). The molecule has 122 valence electrons. The van der Waals surface area contributed by atoms with E-state index in [9.17, 15) is 9.18 Å². The van der Waals surface area contributed by atoms with Crippen LogP contribution in [0.3, 0.4) is 0 Å². The Morgan fingerprint density at radius 2 is 1.96 bits per heavy atom. The second-order valence-corrected chi connectivity index (χ2v) is 6.15. The van der Waals surface area contributed by atoms with E-state index in [4.69, 9.17) is 0 Å². The number of amides is 1. The Morgan fingerprint density at radius 3 is 2.79 bits per heavy atom. The first-order chi connectivity index (χ1) is 11.7. The lowest BCUT2D eigenvalue weighted by molar-refractivity contribution is 0.0613. The molecular formula is C19H18FN3O. The number of piperidine rings is 1. The quantitative estimate of drug-likeness (QED) is 0.718. The number of carbonyl (C=O) groups is 1. The van der Waals surface area contributed by atoms with Crippen molar-refractivity contribution < 1.29 is 9.18 Å². The maximum atomic E-state index is 13.2. The fourth-order valence-corrected chi connectivity index (χ4v) is 3.46. The van der Waals surface area contributed by atoms with Gasteiger partial charge in [0.15, 0.2) is 0 Å². The van der Waals surface area contributed by atoms with Gasteiger partial charge in [0.05, 0.1) is 23.3 Å². The highest BCUT2D eigenvalue weighted by atomic mass is 19.1. The van der Waals surface area contributed by atoms with Crippen molar-refractivity contribution in [3.05, 3.63) is 71.8 Å². The Hall–Kier alpha value is -2.69. The van der Waals surface area contributed by atoms with Crippen LogP contribution in [0.1, 0.15) is 41.2 Å². The Kier molecular flexibility index (Phi) is 3.76. The van der Waals surface area contributed by atoms with Gasteiger partial charge in [-0.3, -0.25) is 4.79 Å². The molecule has 1 aromatic carbocycles. The van der Waals surface area contributed by atoms with Gasteiger partial charge in [-0.25, -0.2) is 8.91 Å². The minimum atomic E-state index is -0.255. The molecule has 0 N–H and O–H groups in total. The molecule has 1 saturated heterocycles. The number of fused-ring (bicyclic) bond motifs is 1. The molecule has 2 aromatic heterocycles. The minimum absolute atomic E-state index is 0.00878. The lowest BCUT2D eigenvalue weighted by Crippen LogP contribution is -2.38. The third kappa shape index (κ3) is 2.56. The SMILES string of the molecule is O=C(c1cnn2ccccc12)N1CCCCC1c1ccc(F)cc1. The highest BCUT2D eigenvalue weighted by Gasteiger charge is 2.30. The van der Waals surface area contributed by atoms with Crippen LogP contribution in [0.2, 0.25) is 0 Å². The largest absolute Gasteiger partial charge is 0.331 e. The van der Waals surface area contributed by atoms with E-state index in [1.54, 1.807) is 22.8 Å². The van der Waals surface area contributed by atoms with Crippen LogP contribution in [-0.2, 0) is 0 Å². The van der Waals surface area contributed by atoms with E-state index >= 15 is 0 Å². The number of halogens is 1. The second kappa shape index (κ2) is 6.07. The molecule has 1 aliphatic rings. The van der Waals surface area contributed by atoms with Gasteiger partial charge in [0.2, 0.25) is 0 Å². The van der Waals surface area contributed by atoms with Crippen molar-refractivity contribution >= 4 is 11.4 Å². The van der Waals surface area contributed by atoms with Crippen LogP contribution in [0, 0.1) is 5.82 Å². The van der Waals surface area contributed by atoms with Crippen molar-refractivity contribution in [1.82, 2.24) is 14.5 Å². The highest BCUT2D eigenvalue weighted by molar-refractivity contribution is 6.00. The number of benzene rings is 1. The summed E-state index contributed by atoms with van der Waals surface area (Å²) >= 11 is 0. The van der Waals surface area contributed by atoms with Crippen molar-refractivity contribution in [2.24, 2.45) is 0 Å². The standard InChI is InChI=1S/C19H18FN3O/c20-15-9-7-14(8-10-15)17-5-1-3-11-22(17)19(24)16-13-21-23-12-4-2-6-18(16)23/h2,4,6-10,12-13,17H,1,3,5,11H2. The van der Waals surface area contributed by atoms with Crippen molar-refractivity contribution in [3.63, 3.8) is 0 Å². The molecule has 5 heteroatoms. The first-order valence-electron chi connectivity index (χ1n) is 8.23. The van der Waals surface area contributed by atoms with Crippen LogP contribution in [-0.4, -0.2) is 27.0 Å². The zero-order valence-electron chi connectivity index (χ0n) is 13.2. The summed E-state index contributed by atoms with van der Waals surface area (Å²) < 4.78 is 14.9. The van der Waals surface area contributed by atoms with Gasteiger partial charge in [-0.05, 0) is 49.1 Å². The zero-order valence-corrected chi connectivity index (χ0v) is 13.2. The van der Waals surface area contributed by atoms with Crippen molar-refractivity contribution in [1.29, 1.82) is 0 Å². The summed E-state index contributed by atoms with van der Waals surface area (Å²) in [7, 11) is 0. The molecule has 1 atom stereocenters. The maximum absolute atomic E-state index is 13.2. The summed E-state index contributed by atoms with van der Waals surface area (Å²) in [5, 5.41) is 4.26. The maximum Gasteiger partial charge on any atom is 0.258 e.